The van der Waals surface area contributed by atoms with Crippen molar-refractivity contribution in [2.24, 2.45) is 11.7 Å². The topological polar surface area (TPSA) is 58.4 Å². The minimum Gasteiger partial charge on any atom is -0.350 e. The fourth-order valence-corrected chi connectivity index (χ4v) is 1.97. The Kier molecular flexibility index (Phi) is 8.64. The highest BCUT2D eigenvalue weighted by atomic mass is 32.2. The average Bonchev–Trinajstić information content (AvgIpc) is 2.23. The van der Waals surface area contributed by atoms with Crippen LogP contribution in [0.15, 0.2) is 0 Å². The second-order valence-electron chi connectivity index (χ2n) is 5.01. The van der Waals surface area contributed by atoms with Gasteiger partial charge in [0.2, 0.25) is 5.91 Å². The second-order valence-corrected chi connectivity index (χ2v) is 5.99. The van der Waals surface area contributed by atoms with E-state index < -0.39 is 0 Å². The summed E-state index contributed by atoms with van der Waals surface area (Å²) in [5, 5.41) is 3.04. The molecule has 4 nitrogen and oxygen atoms in total. The molecule has 0 bridgehead atoms. The molecule has 1 unspecified atom stereocenters. The number of nitrogens with two attached hydrogens (primary N) is 1. The van der Waals surface area contributed by atoms with Crippen LogP contribution in [0.3, 0.4) is 0 Å². The number of amides is 1. The first kappa shape index (κ1) is 16.7. The fourth-order valence-electron chi connectivity index (χ4n) is 1.48. The highest BCUT2D eigenvalue weighted by Crippen LogP contribution is 2.04. The summed E-state index contributed by atoms with van der Waals surface area (Å²) in [5.74, 6) is 1.31. The number of rotatable bonds is 8. The maximum atomic E-state index is 11.9. The molecule has 2 atom stereocenters. The molecule has 0 heterocycles. The minimum atomic E-state index is -0.383. The van der Waals surface area contributed by atoms with Crippen LogP contribution in [-0.4, -0.2) is 55.5 Å². The van der Waals surface area contributed by atoms with Crippen molar-refractivity contribution in [3.8, 4) is 0 Å². The van der Waals surface area contributed by atoms with E-state index in [1.165, 1.54) is 0 Å². The van der Waals surface area contributed by atoms with E-state index in [4.69, 9.17) is 5.73 Å². The van der Waals surface area contributed by atoms with Gasteiger partial charge in [0.15, 0.2) is 0 Å². The normalized spacial score (nSPS) is 15.1. The lowest BCUT2D eigenvalue weighted by Gasteiger charge is -2.26. The number of nitrogens with zero attached hydrogens (tertiary/aromatic N) is 1. The predicted molar refractivity (Wildman–Crippen MR) is 76.3 cm³/mol. The first-order chi connectivity index (χ1) is 7.88. The van der Waals surface area contributed by atoms with Crippen LogP contribution >= 0.6 is 11.8 Å². The molecule has 3 N–H and O–H groups in total. The lowest BCUT2D eigenvalue weighted by Crippen LogP contribution is -2.50. The van der Waals surface area contributed by atoms with Gasteiger partial charge >= 0.3 is 0 Å². The van der Waals surface area contributed by atoms with Gasteiger partial charge in [-0.3, -0.25) is 4.79 Å². The van der Waals surface area contributed by atoms with Crippen molar-refractivity contribution in [1.29, 1.82) is 0 Å². The van der Waals surface area contributed by atoms with Gasteiger partial charge in [0.05, 0.1) is 6.04 Å². The summed E-state index contributed by atoms with van der Waals surface area (Å²) in [6.07, 6.45) is 2.76. The molecular weight excluding hydrogens is 234 g/mol. The summed E-state index contributed by atoms with van der Waals surface area (Å²) in [6, 6.07) is -0.219. The Morgan fingerprint density at radius 1 is 1.41 bits per heavy atom. The van der Waals surface area contributed by atoms with Crippen LogP contribution in [0.25, 0.3) is 0 Å². The van der Waals surface area contributed by atoms with E-state index in [1.807, 2.05) is 20.4 Å². The molecular formula is C12H27N3OS. The first-order valence-corrected chi connectivity index (χ1v) is 7.47. The van der Waals surface area contributed by atoms with E-state index in [0.29, 0.717) is 5.92 Å². The highest BCUT2D eigenvalue weighted by Gasteiger charge is 2.20. The largest absolute Gasteiger partial charge is 0.350 e. The quantitative estimate of drug-likeness (QED) is 0.677. The Labute approximate surface area is 110 Å². The molecule has 0 aliphatic rings. The van der Waals surface area contributed by atoms with Crippen molar-refractivity contribution < 1.29 is 4.79 Å². The van der Waals surface area contributed by atoms with Gasteiger partial charge in [0.25, 0.3) is 0 Å². The molecule has 0 aromatic heterocycles. The monoisotopic (exact) mass is 261 g/mol. The van der Waals surface area contributed by atoms with Gasteiger partial charge in [-0.15, -0.1) is 0 Å². The first-order valence-electron chi connectivity index (χ1n) is 6.08. The summed E-state index contributed by atoms with van der Waals surface area (Å²) in [5.41, 5.74) is 5.84. The molecule has 0 saturated heterocycles. The molecule has 1 amide bonds. The zero-order valence-electron chi connectivity index (χ0n) is 11.7. The molecule has 0 aromatic rings. The predicted octanol–water partition coefficient (Wildman–Crippen LogP) is 0.769. The van der Waals surface area contributed by atoms with Gasteiger partial charge in [-0.2, -0.15) is 11.8 Å². The fraction of sp³-hybridized carbons (Fsp3) is 0.917. The Hall–Kier alpha value is -0.260. The summed E-state index contributed by atoms with van der Waals surface area (Å²) < 4.78 is 0. The molecule has 102 valence electrons. The molecule has 0 radical (unpaired) electrons. The highest BCUT2D eigenvalue weighted by molar-refractivity contribution is 7.98. The Balaban J connectivity index is 4.20. The van der Waals surface area contributed by atoms with Crippen LogP contribution in [-0.2, 0) is 4.79 Å². The van der Waals surface area contributed by atoms with Crippen LogP contribution in [0.2, 0.25) is 0 Å². The third kappa shape index (κ3) is 7.63. The van der Waals surface area contributed by atoms with Crippen molar-refractivity contribution >= 4 is 17.7 Å². The maximum absolute atomic E-state index is 11.9. The van der Waals surface area contributed by atoms with Gasteiger partial charge in [-0.25, -0.2) is 0 Å². The van der Waals surface area contributed by atoms with Crippen molar-refractivity contribution in [1.82, 2.24) is 10.2 Å². The van der Waals surface area contributed by atoms with Crippen LogP contribution in [0.5, 0.6) is 0 Å². The lowest BCUT2D eigenvalue weighted by atomic mass is 10.0. The van der Waals surface area contributed by atoms with Gasteiger partial charge < -0.3 is 16.0 Å². The minimum absolute atomic E-state index is 0.0281. The number of likely N-dealkylation sites (N-methyl/N-ethyl adjacent to an activating group) is 1. The van der Waals surface area contributed by atoms with Gasteiger partial charge in [0.1, 0.15) is 0 Å². The number of carbonyl (C=O) groups is 1. The summed E-state index contributed by atoms with van der Waals surface area (Å²) in [7, 11) is 4.02. The molecule has 17 heavy (non-hydrogen) atoms. The molecule has 0 rings (SSSR count). The number of carbonyl (C=O) groups excluding carboxylic acids is 1. The van der Waals surface area contributed by atoms with Crippen LogP contribution < -0.4 is 11.1 Å². The molecule has 0 spiro atoms. The standard InChI is InChI=1S/C12H27N3OS/c1-9(2)11(8-15(3)4)14-12(16)10(13)6-7-17-5/h9-11H,6-8,13H2,1-5H3,(H,14,16)/t10-,11?/m0/s1. The Morgan fingerprint density at radius 3 is 2.41 bits per heavy atom. The average molecular weight is 261 g/mol. The van der Waals surface area contributed by atoms with Crippen LogP contribution in [0, 0.1) is 5.92 Å². The second kappa shape index (κ2) is 8.78. The Morgan fingerprint density at radius 2 is 2.00 bits per heavy atom. The molecule has 0 aliphatic carbocycles. The van der Waals surface area contributed by atoms with Crippen molar-refractivity contribution in [2.45, 2.75) is 32.4 Å². The van der Waals surface area contributed by atoms with Crippen LogP contribution in [0.1, 0.15) is 20.3 Å². The summed E-state index contributed by atoms with van der Waals surface area (Å²) >= 11 is 1.71. The van der Waals surface area contributed by atoms with Gasteiger partial charge in [0, 0.05) is 12.6 Å². The third-order valence-corrected chi connectivity index (χ3v) is 3.31. The number of hydrogen-bond donors (Lipinski definition) is 2. The van der Waals surface area contributed by atoms with E-state index in [1.54, 1.807) is 11.8 Å². The van der Waals surface area contributed by atoms with Gasteiger partial charge in [-0.1, -0.05) is 13.8 Å². The summed E-state index contributed by atoms with van der Waals surface area (Å²) in [4.78, 5) is 14.0. The van der Waals surface area contributed by atoms with E-state index in [-0.39, 0.29) is 18.0 Å². The van der Waals surface area contributed by atoms with Crippen molar-refractivity contribution in [3.63, 3.8) is 0 Å². The lowest BCUT2D eigenvalue weighted by molar-refractivity contribution is -0.123. The number of nitrogens with one attached hydrogen (secondary N) is 1. The van der Waals surface area contributed by atoms with E-state index in [2.05, 4.69) is 24.1 Å². The number of hydrogen-bond acceptors (Lipinski definition) is 4. The van der Waals surface area contributed by atoms with Crippen molar-refractivity contribution in [3.05, 3.63) is 0 Å². The van der Waals surface area contributed by atoms with E-state index >= 15 is 0 Å². The van der Waals surface area contributed by atoms with Gasteiger partial charge in [-0.05, 0) is 38.4 Å². The summed E-state index contributed by atoms with van der Waals surface area (Å²) in [6.45, 7) is 5.07. The number of thioether (sulfide) groups is 1. The molecule has 0 fully saturated rings. The van der Waals surface area contributed by atoms with E-state index in [9.17, 15) is 4.79 Å². The zero-order chi connectivity index (χ0) is 13.4. The maximum Gasteiger partial charge on any atom is 0.237 e. The SMILES string of the molecule is CSCC[C@H](N)C(=O)NC(CN(C)C)C(C)C. The van der Waals surface area contributed by atoms with E-state index in [0.717, 1.165) is 18.7 Å². The molecule has 0 saturated carbocycles. The Bertz CT molecular complexity index is 222. The van der Waals surface area contributed by atoms with Crippen LogP contribution in [0.4, 0.5) is 0 Å². The molecule has 0 aromatic carbocycles. The molecule has 5 heteroatoms. The zero-order valence-corrected chi connectivity index (χ0v) is 12.5. The molecule has 0 aliphatic heterocycles. The smallest absolute Gasteiger partial charge is 0.237 e. The van der Waals surface area contributed by atoms with Crippen molar-refractivity contribution in [2.75, 3.05) is 32.6 Å². The third-order valence-electron chi connectivity index (χ3n) is 2.66.